The van der Waals surface area contributed by atoms with Crippen molar-refractivity contribution in [1.29, 1.82) is 0 Å². The van der Waals surface area contributed by atoms with Gasteiger partial charge in [0.2, 0.25) is 5.91 Å². The Morgan fingerprint density at radius 3 is 2.77 bits per heavy atom. The van der Waals surface area contributed by atoms with E-state index >= 15 is 0 Å². The Hall–Kier alpha value is -2.74. The Balaban J connectivity index is 1.71. The van der Waals surface area contributed by atoms with Gasteiger partial charge < -0.3 is 9.73 Å². The van der Waals surface area contributed by atoms with Crippen molar-refractivity contribution >= 4 is 22.9 Å². The summed E-state index contributed by atoms with van der Waals surface area (Å²) < 4.78 is 18.7. The average Bonchev–Trinajstić information content (AvgIpc) is 3.12. The number of nitrogens with one attached hydrogen (secondary N) is 1. The summed E-state index contributed by atoms with van der Waals surface area (Å²) >= 11 is 1.38. The molecule has 0 radical (unpaired) electrons. The molecule has 8 heteroatoms. The Bertz CT molecular complexity index is 837. The molecule has 0 spiro atoms. The minimum absolute atomic E-state index is 0.176. The fraction of sp³-hybridized carbons (Fsp3) is 0.0714. The molecule has 0 fully saturated rings. The first-order valence-electron chi connectivity index (χ1n) is 6.29. The molecule has 0 bridgehead atoms. The number of carbonyl (C=O) groups excluding carboxylic acids is 1. The molecule has 0 aliphatic carbocycles. The summed E-state index contributed by atoms with van der Waals surface area (Å²) in [6.07, 6.45) is 0. The smallest absolute Gasteiger partial charge is 0.387 e. The van der Waals surface area contributed by atoms with Gasteiger partial charge in [0.25, 0.3) is 5.89 Å². The van der Waals surface area contributed by atoms with Crippen LogP contribution in [0.25, 0.3) is 10.8 Å². The number of hydrogen-bond acceptors (Lipinski definition) is 5. The van der Waals surface area contributed by atoms with Crippen molar-refractivity contribution in [2.24, 2.45) is 0 Å². The normalized spacial score (nSPS) is 10.6. The average molecular weight is 319 g/mol. The predicted molar refractivity (Wildman–Crippen MR) is 79.1 cm³/mol. The lowest BCUT2D eigenvalue weighted by atomic mass is 10.3. The molecule has 2 heterocycles. The molecule has 0 saturated carbocycles. The Morgan fingerprint density at radius 1 is 1.32 bits per heavy atom. The summed E-state index contributed by atoms with van der Waals surface area (Å²) in [6, 6.07) is 8.88. The van der Waals surface area contributed by atoms with E-state index in [1.165, 1.54) is 35.6 Å². The highest BCUT2D eigenvalue weighted by Crippen LogP contribution is 2.21. The van der Waals surface area contributed by atoms with Crippen LogP contribution in [0.1, 0.15) is 0 Å². The van der Waals surface area contributed by atoms with E-state index in [0.29, 0.717) is 10.6 Å². The fourth-order valence-corrected chi connectivity index (χ4v) is 2.42. The zero-order valence-electron chi connectivity index (χ0n) is 11.2. The number of carbonyl (C=O) groups is 1. The summed E-state index contributed by atoms with van der Waals surface area (Å²) in [6.45, 7) is -0.287. The zero-order valence-corrected chi connectivity index (χ0v) is 12.0. The van der Waals surface area contributed by atoms with E-state index in [1.807, 2.05) is 5.38 Å². The topological polar surface area (TPSA) is 77.1 Å². The third kappa shape index (κ3) is 3.12. The lowest BCUT2D eigenvalue weighted by Crippen LogP contribution is -2.25. The van der Waals surface area contributed by atoms with Gasteiger partial charge in [0.15, 0.2) is 0 Å². The van der Waals surface area contributed by atoms with E-state index in [1.54, 1.807) is 12.1 Å². The monoisotopic (exact) mass is 319 g/mol. The SMILES string of the molecule is O=C(Cn1nc(-c2cccs2)oc1=O)Nc1ccc(F)cc1. The first kappa shape index (κ1) is 14.2. The number of benzene rings is 1. The van der Waals surface area contributed by atoms with Gasteiger partial charge >= 0.3 is 5.76 Å². The van der Waals surface area contributed by atoms with Crippen molar-refractivity contribution in [1.82, 2.24) is 9.78 Å². The predicted octanol–water partition coefficient (Wildman–Crippen LogP) is 2.34. The maximum Gasteiger partial charge on any atom is 0.437 e. The molecule has 22 heavy (non-hydrogen) atoms. The molecule has 3 aromatic rings. The minimum Gasteiger partial charge on any atom is -0.387 e. The highest BCUT2D eigenvalue weighted by Gasteiger charge is 2.13. The van der Waals surface area contributed by atoms with Crippen LogP contribution in [0, 0.1) is 5.82 Å². The quantitative estimate of drug-likeness (QED) is 0.801. The van der Waals surface area contributed by atoms with Crippen molar-refractivity contribution < 1.29 is 13.6 Å². The van der Waals surface area contributed by atoms with Crippen LogP contribution >= 0.6 is 11.3 Å². The van der Waals surface area contributed by atoms with Gasteiger partial charge in [-0.2, -0.15) is 4.68 Å². The van der Waals surface area contributed by atoms with Crippen LogP contribution in [0.5, 0.6) is 0 Å². The number of amides is 1. The number of halogens is 1. The largest absolute Gasteiger partial charge is 0.437 e. The van der Waals surface area contributed by atoms with Crippen molar-refractivity contribution in [3.05, 3.63) is 58.1 Å². The minimum atomic E-state index is -0.711. The van der Waals surface area contributed by atoms with Gasteiger partial charge in [-0.3, -0.25) is 4.79 Å². The number of anilines is 1. The van der Waals surface area contributed by atoms with Crippen LogP contribution in [0.15, 0.2) is 51.0 Å². The fourth-order valence-electron chi connectivity index (χ4n) is 1.78. The molecule has 3 rings (SSSR count). The summed E-state index contributed by atoms with van der Waals surface area (Å²) in [5.74, 6) is -1.39. The summed E-state index contributed by atoms with van der Waals surface area (Å²) in [5, 5.41) is 8.35. The Morgan fingerprint density at radius 2 is 2.09 bits per heavy atom. The van der Waals surface area contributed by atoms with Gasteiger partial charge in [-0.25, -0.2) is 9.18 Å². The molecule has 0 atom stereocenters. The standard InChI is InChI=1S/C14H10FN3O3S/c15-9-3-5-10(6-4-9)16-12(19)8-18-14(20)21-13(17-18)11-2-1-7-22-11/h1-7H,8H2,(H,16,19). The molecule has 1 N–H and O–H groups in total. The molecule has 0 unspecified atom stereocenters. The third-order valence-electron chi connectivity index (χ3n) is 2.76. The number of thiophene rings is 1. The second-order valence-electron chi connectivity index (χ2n) is 4.36. The van der Waals surface area contributed by atoms with Crippen molar-refractivity contribution in [3.8, 4) is 10.8 Å². The van der Waals surface area contributed by atoms with Gasteiger partial charge in [-0.15, -0.1) is 16.4 Å². The van der Waals surface area contributed by atoms with Gasteiger partial charge in [-0.05, 0) is 35.7 Å². The summed E-state index contributed by atoms with van der Waals surface area (Å²) in [5.41, 5.74) is 0.432. The Labute approximate surface area is 127 Å². The molecule has 112 valence electrons. The van der Waals surface area contributed by atoms with Gasteiger partial charge in [0.05, 0.1) is 4.88 Å². The molecule has 0 aliphatic heterocycles. The van der Waals surface area contributed by atoms with Crippen LogP contribution in [-0.4, -0.2) is 15.7 Å². The molecular formula is C14H10FN3O3S. The molecule has 2 aromatic heterocycles. The first-order valence-corrected chi connectivity index (χ1v) is 7.17. The summed E-state index contributed by atoms with van der Waals surface area (Å²) in [7, 11) is 0. The molecule has 0 saturated heterocycles. The van der Waals surface area contributed by atoms with E-state index in [9.17, 15) is 14.0 Å². The van der Waals surface area contributed by atoms with Crippen molar-refractivity contribution in [2.75, 3.05) is 5.32 Å². The maximum atomic E-state index is 12.8. The van der Waals surface area contributed by atoms with Gasteiger partial charge in [0, 0.05) is 5.69 Å². The van der Waals surface area contributed by atoms with Crippen molar-refractivity contribution in [3.63, 3.8) is 0 Å². The van der Waals surface area contributed by atoms with E-state index < -0.39 is 17.5 Å². The number of aromatic nitrogens is 2. The third-order valence-corrected chi connectivity index (χ3v) is 3.62. The summed E-state index contributed by atoms with van der Waals surface area (Å²) in [4.78, 5) is 24.3. The zero-order chi connectivity index (χ0) is 15.5. The van der Waals surface area contributed by atoms with Crippen molar-refractivity contribution in [2.45, 2.75) is 6.54 Å². The van der Waals surface area contributed by atoms with Gasteiger partial charge in [-0.1, -0.05) is 6.07 Å². The second kappa shape index (κ2) is 5.94. The highest BCUT2D eigenvalue weighted by atomic mass is 32.1. The van der Waals surface area contributed by atoms with Crippen LogP contribution in [0.3, 0.4) is 0 Å². The van der Waals surface area contributed by atoms with Crippen LogP contribution in [0.4, 0.5) is 10.1 Å². The highest BCUT2D eigenvalue weighted by molar-refractivity contribution is 7.13. The molecule has 0 aliphatic rings. The lowest BCUT2D eigenvalue weighted by Gasteiger charge is -2.03. The van der Waals surface area contributed by atoms with E-state index in [-0.39, 0.29) is 12.4 Å². The first-order chi connectivity index (χ1) is 10.6. The van der Waals surface area contributed by atoms with E-state index in [2.05, 4.69) is 10.4 Å². The number of nitrogens with zero attached hydrogens (tertiary/aromatic N) is 2. The van der Waals surface area contributed by atoms with E-state index in [0.717, 1.165) is 4.68 Å². The van der Waals surface area contributed by atoms with Crippen LogP contribution in [0.2, 0.25) is 0 Å². The van der Waals surface area contributed by atoms with Crippen LogP contribution in [-0.2, 0) is 11.3 Å². The lowest BCUT2D eigenvalue weighted by molar-refractivity contribution is -0.117. The Kier molecular flexibility index (Phi) is 3.84. The van der Waals surface area contributed by atoms with Gasteiger partial charge in [0.1, 0.15) is 12.4 Å². The number of hydrogen-bond donors (Lipinski definition) is 1. The molecule has 1 amide bonds. The number of rotatable bonds is 4. The molecule has 6 nitrogen and oxygen atoms in total. The molecular weight excluding hydrogens is 309 g/mol. The maximum absolute atomic E-state index is 12.8. The second-order valence-corrected chi connectivity index (χ2v) is 5.31. The van der Waals surface area contributed by atoms with E-state index in [4.69, 9.17) is 4.42 Å². The van der Waals surface area contributed by atoms with Crippen LogP contribution < -0.4 is 11.1 Å². The molecule has 1 aromatic carbocycles.